The van der Waals surface area contributed by atoms with Gasteiger partial charge in [-0.3, -0.25) is 9.69 Å². The highest BCUT2D eigenvalue weighted by molar-refractivity contribution is 5.93. The van der Waals surface area contributed by atoms with Crippen LogP contribution < -0.4 is 0 Å². The maximum atomic E-state index is 14.1. The fourth-order valence-corrected chi connectivity index (χ4v) is 4.64. The lowest BCUT2D eigenvalue weighted by Crippen LogP contribution is -2.45. The number of carbonyl (C=O) groups excluding carboxylic acids is 1. The molecular formula is C21H25F2N3O2. The summed E-state index contributed by atoms with van der Waals surface area (Å²) in [5.74, 6) is -1.02. The summed E-state index contributed by atoms with van der Waals surface area (Å²) < 4.78 is 32.9. The first-order valence-electron chi connectivity index (χ1n) is 9.88. The van der Waals surface area contributed by atoms with Crippen LogP contribution in [0.15, 0.2) is 29.0 Å². The molecule has 5 nitrogen and oxygen atoms in total. The molecule has 1 spiro atoms. The van der Waals surface area contributed by atoms with Gasteiger partial charge in [0.25, 0.3) is 5.91 Å². The third-order valence-corrected chi connectivity index (χ3v) is 6.06. The molecule has 150 valence electrons. The van der Waals surface area contributed by atoms with Crippen LogP contribution in [0.1, 0.15) is 48.0 Å². The Hall–Kier alpha value is -2.28. The molecule has 7 heteroatoms. The number of halogens is 2. The van der Waals surface area contributed by atoms with Crippen molar-refractivity contribution in [2.24, 2.45) is 5.41 Å². The van der Waals surface area contributed by atoms with Crippen LogP contribution in [0.3, 0.4) is 0 Å². The lowest BCUT2D eigenvalue weighted by Gasteiger charge is -2.40. The van der Waals surface area contributed by atoms with Crippen molar-refractivity contribution in [3.05, 3.63) is 53.2 Å². The zero-order valence-corrected chi connectivity index (χ0v) is 16.1. The quantitative estimate of drug-likeness (QED) is 0.801. The SMILES string of the molecule is CCc1ocnc1C(=O)N1CC[C@]2(CCCN(Cc3cccc(F)c3F)C2)C1. The minimum absolute atomic E-state index is 0.00776. The fourth-order valence-electron chi connectivity index (χ4n) is 4.64. The van der Waals surface area contributed by atoms with Crippen molar-refractivity contribution in [2.75, 3.05) is 26.2 Å². The Morgan fingerprint density at radius 1 is 1.25 bits per heavy atom. The average Bonchev–Trinajstić information content (AvgIpc) is 3.32. The molecule has 1 amide bonds. The van der Waals surface area contributed by atoms with Crippen LogP contribution in [0.4, 0.5) is 8.78 Å². The summed E-state index contributed by atoms with van der Waals surface area (Å²) in [6.07, 6.45) is 4.91. The van der Waals surface area contributed by atoms with Crippen LogP contribution >= 0.6 is 0 Å². The van der Waals surface area contributed by atoms with E-state index in [-0.39, 0.29) is 11.3 Å². The number of piperidine rings is 1. The number of hydrogen-bond donors (Lipinski definition) is 0. The number of hydrogen-bond acceptors (Lipinski definition) is 4. The van der Waals surface area contributed by atoms with Crippen molar-refractivity contribution in [2.45, 2.75) is 39.2 Å². The average molecular weight is 389 g/mol. The van der Waals surface area contributed by atoms with Gasteiger partial charge in [-0.15, -0.1) is 0 Å². The summed E-state index contributed by atoms with van der Waals surface area (Å²) in [6.45, 7) is 5.33. The molecule has 3 heterocycles. The van der Waals surface area contributed by atoms with Gasteiger partial charge in [0.2, 0.25) is 0 Å². The van der Waals surface area contributed by atoms with Crippen LogP contribution in [0.2, 0.25) is 0 Å². The van der Waals surface area contributed by atoms with Gasteiger partial charge < -0.3 is 9.32 Å². The highest BCUT2D eigenvalue weighted by Crippen LogP contribution is 2.40. The maximum Gasteiger partial charge on any atom is 0.276 e. The Kier molecular flexibility index (Phi) is 5.19. The smallest absolute Gasteiger partial charge is 0.276 e. The third kappa shape index (κ3) is 3.55. The van der Waals surface area contributed by atoms with E-state index in [1.807, 2.05) is 11.8 Å². The summed E-state index contributed by atoms with van der Waals surface area (Å²) >= 11 is 0. The van der Waals surface area contributed by atoms with Gasteiger partial charge in [-0.2, -0.15) is 0 Å². The van der Waals surface area contributed by atoms with Crippen molar-refractivity contribution >= 4 is 5.91 Å². The van der Waals surface area contributed by atoms with Gasteiger partial charge in [-0.05, 0) is 31.9 Å². The number of amides is 1. The molecule has 1 aromatic heterocycles. The van der Waals surface area contributed by atoms with Gasteiger partial charge in [-0.1, -0.05) is 19.1 Å². The minimum atomic E-state index is -0.804. The monoisotopic (exact) mass is 389 g/mol. The van der Waals surface area contributed by atoms with Crippen LogP contribution in [0, 0.1) is 17.0 Å². The minimum Gasteiger partial charge on any atom is -0.448 e. The van der Waals surface area contributed by atoms with E-state index < -0.39 is 11.6 Å². The summed E-state index contributed by atoms with van der Waals surface area (Å²) in [5.41, 5.74) is 0.806. The molecule has 0 unspecified atom stereocenters. The van der Waals surface area contributed by atoms with Gasteiger partial charge in [0.15, 0.2) is 23.7 Å². The standard InChI is InChI=1S/C21H25F2N3O2/c1-2-17-19(24-14-28-17)20(27)26-10-8-21(13-26)7-4-9-25(12-21)11-15-5-3-6-16(22)18(15)23/h3,5-6,14H,2,4,7-13H2,1H3/t21-/m0/s1. The summed E-state index contributed by atoms with van der Waals surface area (Å²) in [4.78, 5) is 21.0. The summed E-state index contributed by atoms with van der Waals surface area (Å²) in [6, 6.07) is 4.33. The maximum absolute atomic E-state index is 14.1. The number of benzene rings is 1. The third-order valence-electron chi connectivity index (χ3n) is 6.06. The van der Waals surface area contributed by atoms with Crippen molar-refractivity contribution in [3.8, 4) is 0 Å². The van der Waals surface area contributed by atoms with Gasteiger partial charge in [0, 0.05) is 43.6 Å². The van der Waals surface area contributed by atoms with Crippen LogP contribution in [-0.2, 0) is 13.0 Å². The summed E-state index contributed by atoms with van der Waals surface area (Å²) in [5, 5.41) is 0. The molecule has 0 aliphatic carbocycles. The first-order chi connectivity index (χ1) is 13.5. The van der Waals surface area contributed by atoms with Gasteiger partial charge in [0.05, 0.1) is 0 Å². The molecule has 0 saturated carbocycles. The second-order valence-corrected chi connectivity index (χ2v) is 7.98. The normalized spacial score (nSPS) is 22.9. The number of carbonyl (C=O) groups is 1. The molecule has 0 bridgehead atoms. The molecule has 2 aromatic rings. The lowest BCUT2D eigenvalue weighted by atomic mass is 9.79. The number of nitrogens with zero attached hydrogens (tertiary/aromatic N) is 3. The largest absolute Gasteiger partial charge is 0.448 e. The Labute approximate surface area is 163 Å². The van der Waals surface area contributed by atoms with Crippen molar-refractivity contribution in [1.29, 1.82) is 0 Å². The van der Waals surface area contributed by atoms with Crippen molar-refractivity contribution in [1.82, 2.24) is 14.8 Å². The predicted molar refractivity (Wildman–Crippen MR) is 99.7 cm³/mol. The molecule has 0 N–H and O–H groups in total. The Bertz CT molecular complexity index is 869. The summed E-state index contributed by atoms with van der Waals surface area (Å²) in [7, 11) is 0. The van der Waals surface area contributed by atoms with Gasteiger partial charge in [-0.25, -0.2) is 13.8 Å². The zero-order chi connectivity index (χ0) is 19.7. The first kappa shape index (κ1) is 19.1. The van der Waals surface area contributed by atoms with Gasteiger partial charge in [0.1, 0.15) is 5.76 Å². The molecule has 1 aromatic carbocycles. The van der Waals surface area contributed by atoms with E-state index >= 15 is 0 Å². The van der Waals surface area contributed by atoms with E-state index in [2.05, 4.69) is 9.88 Å². The Morgan fingerprint density at radius 3 is 2.93 bits per heavy atom. The number of rotatable bonds is 4. The number of aromatic nitrogens is 1. The molecule has 28 heavy (non-hydrogen) atoms. The zero-order valence-electron chi connectivity index (χ0n) is 16.1. The molecule has 2 saturated heterocycles. The first-order valence-corrected chi connectivity index (χ1v) is 9.88. The molecule has 2 fully saturated rings. The van der Waals surface area contributed by atoms with E-state index in [0.29, 0.717) is 43.1 Å². The van der Waals surface area contributed by atoms with Crippen LogP contribution in [-0.4, -0.2) is 46.9 Å². The second kappa shape index (κ2) is 7.62. The lowest BCUT2D eigenvalue weighted by molar-refractivity contribution is 0.0667. The van der Waals surface area contributed by atoms with E-state index in [0.717, 1.165) is 38.4 Å². The molecule has 4 rings (SSSR count). The second-order valence-electron chi connectivity index (χ2n) is 7.98. The fraction of sp³-hybridized carbons (Fsp3) is 0.524. The van der Waals surface area contributed by atoms with E-state index in [1.54, 1.807) is 12.1 Å². The van der Waals surface area contributed by atoms with Gasteiger partial charge >= 0.3 is 0 Å². The number of aryl methyl sites for hydroxylation is 1. The predicted octanol–water partition coefficient (Wildman–Crippen LogP) is 3.64. The Morgan fingerprint density at radius 2 is 2.11 bits per heavy atom. The van der Waals surface area contributed by atoms with E-state index in [1.165, 1.54) is 6.39 Å². The topological polar surface area (TPSA) is 49.6 Å². The molecule has 2 aliphatic heterocycles. The van der Waals surface area contributed by atoms with Crippen LogP contribution in [0.5, 0.6) is 0 Å². The van der Waals surface area contributed by atoms with E-state index in [9.17, 15) is 13.6 Å². The highest BCUT2D eigenvalue weighted by atomic mass is 19.2. The molecule has 1 atom stereocenters. The highest BCUT2D eigenvalue weighted by Gasteiger charge is 2.43. The molecule has 0 radical (unpaired) electrons. The Balaban J connectivity index is 1.44. The van der Waals surface area contributed by atoms with Crippen LogP contribution in [0.25, 0.3) is 0 Å². The molecule has 2 aliphatic rings. The molecular weight excluding hydrogens is 364 g/mol. The number of oxazole rings is 1. The number of likely N-dealkylation sites (tertiary alicyclic amines) is 2. The van der Waals surface area contributed by atoms with Crippen molar-refractivity contribution < 1.29 is 18.0 Å². The van der Waals surface area contributed by atoms with E-state index in [4.69, 9.17) is 4.42 Å². The van der Waals surface area contributed by atoms with Crippen molar-refractivity contribution in [3.63, 3.8) is 0 Å².